The number of nitrogens with one attached hydrogen (secondary N) is 1. The standard InChI is InChI=1S/C15H14FN3OS/c1-8-12(20-2)5-6-17-13(8)14(21)15-18-10-4-3-9(16)7-11(10)19-15/h3-7,14,21H,1-2H3,(H,18,19). The summed E-state index contributed by atoms with van der Waals surface area (Å²) in [6.07, 6.45) is 1.67. The zero-order valence-corrected chi connectivity index (χ0v) is 12.5. The Bertz CT molecular complexity index is 803. The predicted octanol–water partition coefficient (Wildman–Crippen LogP) is 3.43. The molecule has 108 valence electrons. The van der Waals surface area contributed by atoms with Gasteiger partial charge in [-0.25, -0.2) is 9.37 Å². The second-order valence-electron chi connectivity index (χ2n) is 4.71. The largest absolute Gasteiger partial charge is 0.496 e. The van der Waals surface area contributed by atoms with Gasteiger partial charge in [-0.3, -0.25) is 4.98 Å². The number of fused-ring (bicyclic) bond motifs is 1. The highest BCUT2D eigenvalue weighted by molar-refractivity contribution is 7.80. The number of benzene rings is 1. The molecule has 1 aromatic carbocycles. The summed E-state index contributed by atoms with van der Waals surface area (Å²) in [6.45, 7) is 1.92. The lowest BCUT2D eigenvalue weighted by molar-refractivity contribution is 0.410. The van der Waals surface area contributed by atoms with Crippen molar-refractivity contribution in [3.05, 3.63) is 53.4 Å². The van der Waals surface area contributed by atoms with Crippen molar-refractivity contribution in [1.29, 1.82) is 0 Å². The van der Waals surface area contributed by atoms with E-state index >= 15 is 0 Å². The number of methoxy groups -OCH3 is 1. The minimum Gasteiger partial charge on any atom is -0.496 e. The van der Waals surface area contributed by atoms with Crippen LogP contribution in [0.2, 0.25) is 0 Å². The number of hydrogen-bond donors (Lipinski definition) is 2. The summed E-state index contributed by atoms with van der Waals surface area (Å²) in [4.78, 5) is 11.9. The first kappa shape index (κ1) is 13.9. The lowest BCUT2D eigenvalue weighted by atomic mass is 10.1. The van der Waals surface area contributed by atoms with E-state index in [-0.39, 0.29) is 11.1 Å². The van der Waals surface area contributed by atoms with Gasteiger partial charge < -0.3 is 9.72 Å². The predicted molar refractivity (Wildman–Crippen MR) is 82.4 cm³/mol. The highest BCUT2D eigenvalue weighted by Crippen LogP contribution is 2.32. The van der Waals surface area contributed by atoms with Gasteiger partial charge in [-0.2, -0.15) is 12.6 Å². The number of thiol groups is 1. The molecule has 1 unspecified atom stereocenters. The van der Waals surface area contributed by atoms with Crippen LogP contribution < -0.4 is 4.74 Å². The molecular formula is C15H14FN3OS. The molecule has 4 nitrogen and oxygen atoms in total. The van der Waals surface area contributed by atoms with Crippen molar-refractivity contribution in [3.8, 4) is 5.75 Å². The quantitative estimate of drug-likeness (QED) is 0.729. The average molecular weight is 303 g/mol. The molecule has 0 bridgehead atoms. The van der Waals surface area contributed by atoms with Crippen LogP contribution in [-0.2, 0) is 0 Å². The molecule has 0 amide bonds. The van der Waals surface area contributed by atoms with Gasteiger partial charge in [0.15, 0.2) is 0 Å². The van der Waals surface area contributed by atoms with E-state index < -0.39 is 0 Å². The molecule has 0 saturated carbocycles. The summed E-state index contributed by atoms with van der Waals surface area (Å²) in [5.74, 6) is 1.08. The van der Waals surface area contributed by atoms with Crippen LogP contribution in [0.25, 0.3) is 11.0 Å². The normalized spacial score (nSPS) is 12.6. The van der Waals surface area contributed by atoms with Crippen LogP contribution in [0.15, 0.2) is 30.5 Å². The van der Waals surface area contributed by atoms with Crippen LogP contribution in [0.5, 0.6) is 5.75 Å². The number of ether oxygens (including phenoxy) is 1. The average Bonchev–Trinajstić information content (AvgIpc) is 2.89. The van der Waals surface area contributed by atoms with Gasteiger partial charge in [-0.1, -0.05) is 0 Å². The maximum atomic E-state index is 13.2. The Morgan fingerprint density at radius 3 is 2.90 bits per heavy atom. The van der Waals surface area contributed by atoms with Crippen molar-refractivity contribution in [2.45, 2.75) is 12.2 Å². The molecule has 0 saturated heterocycles. The van der Waals surface area contributed by atoms with E-state index in [2.05, 4.69) is 27.6 Å². The number of aromatic amines is 1. The minimum atomic E-state index is -0.337. The maximum absolute atomic E-state index is 13.2. The third-order valence-corrected chi connectivity index (χ3v) is 3.88. The van der Waals surface area contributed by atoms with Gasteiger partial charge in [0.1, 0.15) is 22.6 Å². The molecule has 0 aliphatic heterocycles. The smallest absolute Gasteiger partial charge is 0.126 e. The number of H-pyrrole nitrogens is 1. The van der Waals surface area contributed by atoms with Gasteiger partial charge in [0, 0.05) is 11.8 Å². The highest BCUT2D eigenvalue weighted by atomic mass is 32.1. The third kappa shape index (κ3) is 2.47. The highest BCUT2D eigenvalue weighted by Gasteiger charge is 2.19. The first-order chi connectivity index (χ1) is 10.1. The molecule has 0 fully saturated rings. The summed E-state index contributed by atoms with van der Waals surface area (Å²) >= 11 is 4.60. The topological polar surface area (TPSA) is 50.8 Å². The minimum absolute atomic E-state index is 0.302. The van der Waals surface area contributed by atoms with E-state index in [1.165, 1.54) is 12.1 Å². The van der Waals surface area contributed by atoms with Crippen LogP contribution in [0.1, 0.15) is 22.3 Å². The van der Waals surface area contributed by atoms with E-state index in [1.54, 1.807) is 25.4 Å². The Balaban J connectivity index is 2.06. The van der Waals surface area contributed by atoms with Crippen LogP contribution in [0.3, 0.4) is 0 Å². The maximum Gasteiger partial charge on any atom is 0.126 e. The van der Waals surface area contributed by atoms with Gasteiger partial charge in [0.2, 0.25) is 0 Å². The van der Waals surface area contributed by atoms with Crippen molar-refractivity contribution < 1.29 is 9.13 Å². The fourth-order valence-electron chi connectivity index (χ4n) is 2.29. The second-order valence-corrected chi connectivity index (χ2v) is 5.23. The van der Waals surface area contributed by atoms with Crippen molar-refractivity contribution in [1.82, 2.24) is 15.0 Å². The molecular weight excluding hydrogens is 289 g/mol. The molecule has 1 atom stereocenters. The molecule has 0 radical (unpaired) electrons. The van der Waals surface area contributed by atoms with Crippen molar-refractivity contribution >= 4 is 23.7 Å². The number of pyridine rings is 1. The third-order valence-electron chi connectivity index (χ3n) is 3.39. The molecule has 2 aromatic heterocycles. The lowest BCUT2D eigenvalue weighted by Gasteiger charge is -2.13. The van der Waals surface area contributed by atoms with E-state index in [0.29, 0.717) is 16.9 Å². The van der Waals surface area contributed by atoms with E-state index in [4.69, 9.17) is 4.74 Å². The number of imidazole rings is 1. The Morgan fingerprint density at radius 1 is 1.33 bits per heavy atom. The molecule has 1 N–H and O–H groups in total. The number of hydrogen-bond acceptors (Lipinski definition) is 4. The first-order valence-electron chi connectivity index (χ1n) is 6.43. The summed E-state index contributed by atoms with van der Waals surface area (Å²) in [5.41, 5.74) is 3.01. The van der Waals surface area contributed by atoms with Crippen molar-refractivity contribution in [2.24, 2.45) is 0 Å². The zero-order valence-electron chi connectivity index (χ0n) is 11.6. The van der Waals surface area contributed by atoms with Crippen LogP contribution in [-0.4, -0.2) is 22.1 Å². The zero-order chi connectivity index (χ0) is 15.0. The van der Waals surface area contributed by atoms with E-state index in [9.17, 15) is 4.39 Å². The second kappa shape index (κ2) is 5.37. The Kier molecular flexibility index (Phi) is 3.55. The first-order valence-corrected chi connectivity index (χ1v) is 6.94. The molecule has 3 aromatic rings. The number of aromatic nitrogens is 3. The van der Waals surface area contributed by atoms with Gasteiger partial charge in [-0.15, -0.1) is 0 Å². The van der Waals surface area contributed by atoms with E-state index in [1.807, 2.05) is 6.92 Å². The molecule has 0 spiro atoms. The van der Waals surface area contributed by atoms with Crippen molar-refractivity contribution in [3.63, 3.8) is 0 Å². The molecule has 3 rings (SSSR count). The Labute approximate surface area is 126 Å². The number of rotatable bonds is 3. The van der Waals surface area contributed by atoms with E-state index in [0.717, 1.165) is 17.0 Å². The fourth-order valence-corrected chi connectivity index (χ4v) is 2.67. The fraction of sp³-hybridized carbons (Fsp3) is 0.200. The Morgan fingerprint density at radius 2 is 2.14 bits per heavy atom. The molecule has 0 aliphatic rings. The Hall–Kier alpha value is -2.08. The van der Waals surface area contributed by atoms with Crippen LogP contribution in [0.4, 0.5) is 4.39 Å². The van der Waals surface area contributed by atoms with Gasteiger partial charge in [0.25, 0.3) is 0 Å². The molecule has 0 aliphatic carbocycles. The monoisotopic (exact) mass is 303 g/mol. The molecule has 21 heavy (non-hydrogen) atoms. The number of halogens is 1. The summed E-state index contributed by atoms with van der Waals surface area (Å²) < 4.78 is 18.5. The van der Waals surface area contributed by atoms with Gasteiger partial charge >= 0.3 is 0 Å². The van der Waals surface area contributed by atoms with Gasteiger partial charge in [0.05, 0.1) is 23.8 Å². The van der Waals surface area contributed by atoms with Gasteiger partial charge in [-0.05, 0) is 31.2 Å². The summed E-state index contributed by atoms with van der Waals surface area (Å²) in [6, 6.07) is 6.23. The van der Waals surface area contributed by atoms with Crippen molar-refractivity contribution in [2.75, 3.05) is 7.11 Å². The van der Waals surface area contributed by atoms with Crippen LogP contribution >= 0.6 is 12.6 Å². The summed E-state index contributed by atoms with van der Waals surface area (Å²) in [5, 5.41) is -0.337. The summed E-state index contributed by atoms with van der Waals surface area (Å²) in [7, 11) is 1.61. The lowest BCUT2D eigenvalue weighted by Crippen LogP contribution is -2.03. The van der Waals surface area contributed by atoms with Crippen LogP contribution in [0, 0.1) is 12.7 Å². The molecule has 6 heteroatoms. The number of nitrogens with zero attached hydrogens (tertiary/aromatic N) is 2. The molecule has 2 heterocycles. The SMILES string of the molecule is COc1ccnc(C(S)c2nc3ccc(F)cc3[nH]2)c1C.